The van der Waals surface area contributed by atoms with Gasteiger partial charge in [0, 0.05) is 18.3 Å². The maximum absolute atomic E-state index is 14.5. The van der Waals surface area contributed by atoms with Gasteiger partial charge in [-0.2, -0.15) is 5.10 Å². The van der Waals surface area contributed by atoms with Crippen LogP contribution in [-0.4, -0.2) is 31.1 Å². The van der Waals surface area contributed by atoms with Crippen molar-refractivity contribution in [3.63, 3.8) is 0 Å². The summed E-state index contributed by atoms with van der Waals surface area (Å²) in [4.78, 5) is 14.4. The fourth-order valence-corrected chi connectivity index (χ4v) is 4.43. The van der Waals surface area contributed by atoms with Crippen molar-refractivity contribution in [2.24, 2.45) is 0 Å². The number of halogens is 3. The third-order valence-electron chi connectivity index (χ3n) is 5.92. The Bertz CT molecular complexity index is 1470. The first kappa shape index (κ1) is 18.9. The van der Waals surface area contributed by atoms with Gasteiger partial charge in [-0.05, 0) is 55.3 Å². The highest BCUT2D eigenvalue weighted by atomic mass is 19.1. The topological polar surface area (TPSA) is 62.1 Å². The van der Waals surface area contributed by atoms with E-state index in [-0.39, 0.29) is 11.9 Å². The van der Waals surface area contributed by atoms with Crippen LogP contribution in [0.5, 0.6) is 0 Å². The number of rotatable bonds is 3. The third kappa shape index (κ3) is 3.00. The molecule has 0 bridgehead atoms. The molecule has 0 amide bonds. The first-order valence-electron chi connectivity index (χ1n) is 10.3. The number of hydrogen-bond donors (Lipinski definition) is 1. The maximum atomic E-state index is 14.5. The molecule has 9 heteroatoms. The Labute approximate surface area is 180 Å². The van der Waals surface area contributed by atoms with Gasteiger partial charge >= 0.3 is 0 Å². The lowest BCUT2D eigenvalue weighted by Crippen LogP contribution is -2.24. The molecule has 1 atom stereocenters. The molecule has 0 saturated carbocycles. The molecule has 2 aromatic carbocycles. The smallest absolute Gasteiger partial charge is 0.168 e. The van der Waals surface area contributed by atoms with E-state index in [9.17, 15) is 13.2 Å². The Morgan fingerprint density at radius 3 is 2.72 bits per heavy atom. The largest absolute Gasteiger partial charge is 0.349 e. The predicted molar refractivity (Wildman–Crippen MR) is 114 cm³/mol. The number of aromatic amines is 1. The highest BCUT2D eigenvalue weighted by Crippen LogP contribution is 2.37. The van der Waals surface area contributed by atoms with E-state index in [1.165, 1.54) is 18.2 Å². The molecule has 6 nitrogen and oxygen atoms in total. The normalized spacial score (nSPS) is 16.5. The molecule has 160 valence electrons. The summed E-state index contributed by atoms with van der Waals surface area (Å²) in [5, 5.41) is 4.35. The molecule has 1 saturated heterocycles. The minimum absolute atomic E-state index is 0.304. The number of nitrogens with zero attached hydrogens (tertiary/aromatic N) is 5. The molecule has 32 heavy (non-hydrogen) atoms. The number of hydrogen-bond acceptors (Lipinski definition) is 4. The molecule has 1 aliphatic heterocycles. The van der Waals surface area contributed by atoms with Crippen LogP contribution < -0.4 is 4.90 Å². The van der Waals surface area contributed by atoms with E-state index >= 15 is 0 Å². The van der Waals surface area contributed by atoms with Gasteiger partial charge in [-0.15, -0.1) is 0 Å². The van der Waals surface area contributed by atoms with E-state index in [1.54, 1.807) is 23.0 Å². The number of H-pyrrole nitrogens is 1. The van der Waals surface area contributed by atoms with Crippen molar-refractivity contribution in [2.75, 3.05) is 11.4 Å². The van der Waals surface area contributed by atoms with Crippen LogP contribution in [0.2, 0.25) is 0 Å². The van der Waals surface area contributed by atoms with Gasteiger partial charge in [0.05, 0.1) is 28.8 Å². The Hall–Kier alpha value is -3.88. The molecule has 0 radical (unpaired) electrons. The fourth-order valence-electron chi connectivity index (χ4n) is 4.43. The molecule has 3 aromatic heterocycles. The molecule has 0 unspecified atom stereocenters. The molecule has 0 aliphatic carbocycles. The number of aromatic nitrogens is 5. The average molecular weight is 434 g/mol. The minimum atomic E-state index is -0.462. The number of anilines is 1. The first-order chi connectivity index (χ1) is 15.6. The standard InChI is InChI=1S/C23H17F3N6/c24-13-3-5-17(26)15(10-13)20-2-1-8-31(20)21-7-9-32-23(30-21)16(12-27-32)22-28-18-6-4-14(25)11-19(18)29-22/h3-7,9-12,20H,1-2,8H2,(H,28,29)/t20-/m1/s1. The Kier molecular flexibility index (Phi) is 4.17. The summed E-state index contributed by atoms with van der Waals surface area (Å²) in [6.07, 6.45) is 4.97. The Morgan fingerprint density at radius 2 is 1.81 bits per heavy atom. The van der Waals surface area contributed by atoms with Crippen molar-refractivity contribution >= 4 is 22.5 Å². The van der Waals surface area contributed by atoms with Crippen LogP contribution in [-0.2, 0) is 0 Å². The van der Waals surface area contributed by atoms with Crippen LogP contribution in [0.1, 0.15) is 24.4 Å². The molecular weight excluding hydrogens is 417 g/mol. The number of nitrogens with one attached hydrogen (secondary N) is 1. The fraction of sp³-hybridized carbons (Fsp3) is 0.174. The van der Waals surface area contributed by atoms with E-state index < -0.39 is 11.6 Å². The van der Waals surface area contributed by atoms with Gasteiger partial charge in [-0.3, -0.25) is 0 Å². The van der Waals surface area contributed by atoms with Gasteiger partial charge < -0.3 is 9.88 Å². The third-order valence-corrected chi connectivity index (χ3v) is 5.92. The molecule has 1 N–H and O–H groups in total. The molecule has 0 spiro atoms. The second-order valence-electron chi connectivity index (χ2n) is 7.88. The van der Waals surface area contributed by atoms with E-state index in [1.807, 2.05) is 11.0 Å². The van der Waals surface area contributed by atoms with Crippen LogP contribution in [0, 0.1) is 17.5 Å². The second kappa shape index (κ2) is 7.08. The summed E-state index contributed by atoms with van der Waals surface area (Å²) < 4.78 is 43.5. The molecule has 6 rings (SSSR count). The van der Waals surface area contributed by atoms with Crippen molar-refractivity contribution in [1.29, 1.82) is 0 Å². The summed E-state index contributed by atoms with van der Waals surface area (Å²) in [6, 6.07) is 9.41. The number of fused-ring (bicyclic) bond motifs is 2. The van der Waals surface area contributed by atoms with Crippen molar-refractivity contribution in [1.82, 2.24) is 24.6 Å². The highest BCUT2D eigenvalue weighted by Gasteiger charge is 2.30. The van der Waals surface area contributed by atoms with E-state index in [0.29, 0.717) is 52.4 Å². The van der Waals surface area contributed by atoms with E-state index in [4.69, 9.17) is 4.98 Å². The summed E-state index contributed by atoms with van der Waals surface area (Å²) in [7, 11) is 0. The lowest BCUT2D eigenvalue weighted by atomic mass is 10.0. The Morgan fingerprint density at radius 1 is 0.969 bits per heavy atom. The quantitative estimate of drug-likeness (QED) is 0.433. The lowest BCUT2D eigenvalue weighted by molar-refractivity contribution is 0.560. The van der Waals surface area contributed by atoms with Gasteiger partial charge in [0.1, 0.15) is 29.1 Å². The SMILES string of the molecule is Fc1ccc(F)c([C@H]2CCCN2c2ccn3ncc(-c4nc5ccc(F)cc5[nH]4)c3n2)c1. The van der Waals surface area contributed by atoms with Crippen LogP contribution in [0.3, 0.4) is 0 Å². The first-order valence-corrected chi connectivity index (χ1v) is 10.3. The number of benzene rings is 2. The molecule has 1 fully saturated rings. The van der Waals surface area contributed by atoms with Crippen LogP contribution in [0.25, 0.3) is 28.1 Å². The van der Waals surface area contributed by atoms with Gasteiger partial charge in [0.2, 0.25) is 0 Å². The lowest BCUT2D eigenvalue weighted by Gasteiger charge is -2.26. The van der Waals surface area contributed by atoms with E-state index in [2.05, 4.69) is 15.1 Å². The summed E-state index contributed by atoms with van der Waals surface area (Å²) in [5.74, 6) is -0.0652. The van der Waals surface area contributed by atoms with Crippen LogP contribution in [0.15, 0.2) is 54.9 Å². The predicted octanol–water partition coefficient (Wildman–Crippen LogP) is 5.03. The molecule has 4 heterocycles. The Balaban J connectivity index is 1.43. The minimum Gasteiger partial charge on any atom is -0.349 e. The highest BCUT2D eigenvalue weighted by molar-refractivity contribution is 5.83. The van der Waals surface area contributed by atoms with Crippen molar-refractivity contribution in [3.8, 4) is 11.4 Å². The zero-order valence-electron chi connectivity index (χ0n) is 16.8. The van der Waals surface area contributed by atoms with Gasteiger partial charge in [-0.25, -0.2) is 27.7 Å². The molecule has 5 aromatic rings. The van der Waals surface area contributed by atoms with Gasteiger partial charge in [-0.1, -0.05) is 0 Å². The molecule has 1 aliphatic rings. The monoisotopic (exact) mass is 434 g/mol. The zero-order valence-corrected chi connectivity index (χ0v) is 16.8. The van der Waals surface area contributed by atoms with Crippen molar-refractivity contribution in [3.05, 3.63) is 77.9 Å². The summed E-state index contributed by atoms with van der Waals surface area (Å²) >= 11 is 0. The maximum Gasteiger partial charge on any atom is 0.168 e. The average Bonchev–Trinajstić information content (AvgIpc) is 3.52. The van der Waals surface area contributed by atoms with Crippen molar-refractivity contribution in [2.45, 2.75) is 18.9 Å². The summed E-state index contributed by atoms with van der Waals surface area (Å²) in [6.45, 7) is 0.678. The zero-order chi connectivity index (χ0) is 21.8. The van der Waals surface area contributed by atoms with Crippen molar-refractivity contribution < 1.29 is 13.2 Å². The van der Waals surface area contributed by atoms with Gasteiger partial charge in [0.25, 0.3) is 0 Å². The molecular formula is C23H17F3N6. The van der Waals surface area contributed by atoms with E-state index in [0.717, 1.165) is 18.6 Å². The summed E-state index contributed by atoms with van der Waals surface area (Å²) in [5.41, 5.74) is 2.77. The number of imidazole rings is 1. The van der Waals surface area contributed by atoms with Crippen LogP contribution in [0.4, 0.5) is 19.0 Å². The van der Waals surface area contributed by atoms with Crippen LogP contribution >= 0.6 is 0 Å². The van der Waals surface area contributed by atoms with Gasteiger partial charge in [0.15, 0.2) is 5.65 Å². The second-order valence-corrected chi connectivity index (χ2v) is 7.88.